The van der Waals surface area contributed by atoms with E-state index in [1.54, 1.807) is 0 Å². The van der Waals surface area contributed by atoms with Gasteiger partial charge in [-0.3, -0.25) is 4.79 Å². The lowest BCUT2D eigenvalue weighted by Gasteiger charge is -2.42. The predicted octanol–water partition coefficient (Wildman–Crippen LogP) is 11.6. The highest BCUT2D eigenvalue weighted by Crippen LogP contribution is 2.27. The van der Waals surface area contributed by atoms with Gasteiger partial charge in [0.1, 0.15) is 54.9 Å². The second-order valence-corrected chi connectivity index (χ2v) is 21.5. The highest BCUT2D eigenvalue weighted by Gasteiger charge is 2.47. The van der Waals surface area contributed by atoms with Gasteiger partial charge in [0.25, 0.3) is 0 Å². The quantitative estimate of drug-likeness (QED) is 0.0172. The number of aliphatic hydroxyl groups excluding tert-OH is 7. The zero-order valence-corrected chi connectivity index (χ0v) is 48.2. The van der Waals surface area contributed by atoms with E-state index in [1.165, 1.54) is 128 Å². The molecule has 0 aromatic rings. The van der Waals surface area contributed by atoms with Crippen LogP contribution in [0.1, 0.15) is 232 Å². The smallest absolute Gasteiger partial charge is 0.306 e. The topological polar surface area (TPSA) is 214 Å². The van der Waals surface area contributed by atoms with E-state index in [2.05, 4.69) is 74.6 Å². The van der Waals surface area contributed by atoms with Crippen molar-refractivity contribution in [3.8, 4) is 0 Å². The lowest BCUT2D eigenvalue weighted by atomic mass is 9.98. The van der Waals surface area contributed by atoms with E-state index in [4.69, 9.17) is 28.4 Å². The summed E-state index contributed by atoms with van der Waals surface area (Å²) >= 11 is 0. The standard InChI is InChI=1S/C63H112O14/c1-3-5-7-9-11-13-15-17-19-21-23-25-27-29-31-33-35-37-39-41-43-45-47-72-49-52(50-73-62-61(71)59(69)57(67)54(77-62)51-74-63-60(70)58(68)56(66)53(48-64)76-63)75-55(65)46-44-42-40-38-36-34-32-30-28-26-24-22-20-18-16-14-12-10-8-6-4-2/h15-18,21-24,28,30,52-54,56-64,66-71H,3-14,19-20,25-27,29,31-51H2,1-2H3/b17-15-,18-16-,23-21-,24-22-,30-28-. The summed E-state index contributed by atoms with van der Waals surface area (Å²) in [6, 6.07) is 0. The van der Waals surface area contributed by atoms with E-state index >= 15 is 0 Å². The first-order valence-electron chi connectivity index (χ1n) is 30.9. The van der Waals surface area contributed by atoms with E-state index in [1.807, 2.05) is 0 Å². The molecule has 0 aliphatic carbocycles. The van der Waals surface area contributed by atoms with Crippen LogP contribution in [0.4, 0.5) is 0 Å². The zero-order valence-electron chi connectivity index (χ0n) is 48.2. The molecule has 7 N–H and O–H groups in total. The number of rotatable bonds is 50. The van der Waals surface area contributed by atoms with Crippen LogP contribution in [0, 0.1) is 0 Å². The van der Waals surface area contributed by atoms with Gasteiger partial charge in [0.2, 0.25) is 0 Å². The molecule has 14 nitrogen and oxygen atoms in total. The van der Waals surface area contributed by atoms with Gasteiger partial charge in [-0.1, -0.05) is 203 Å². The van der Waals surface area contributed by atoms with Gasteiger partial charge in [0.05, 0.1) is 26.4 Å². The average molecular weight is 1090 g/mol. The molecule has 0 saturated carbocycles. The largest absolute Gasteiger partial charge is 0.457 e. The van der Waals surface area contributed by atoms with Gasteiger partial charge in [-0.05, 0) is 83.5 Å². The van der Waals surface area contributed by atoms with E-state index in [9.17, 15) is 40.5 Å². The SMILES string of the molecule is CCCCCCC/C=C\C/C=C\C/C=C\CCCCCCCCC(=O)OC(COCCCCCCCCCCCC/C=C\C/C=C\CCCCCCC)COC1OC(COC2OC(CO)C(O)C(O)C2O)C(O)C(O)C1O. The Kier molecular flexibility index (Phi) is 45.5. The summed E-state index contributed by atoms with van der Waals surface area (Å²) in [4.78, 5) is 13.1. The van der Waals surface area contributed by atoms with Crippen LogP contribution < -0.4 is 0 Å². The minimum Gasteiger partial charge on any atom is -0.457 e. The zero-order chi connectivity index (χ0) is 55.8. The number of carbonyl (C=O) groups excluding carboxylic acids is 1. The molecule has 2 aliphatic rings. The fourth-order valence-electron chi connectivity index (χ4n) is 9.50. The molecule has 77 heavy (non-hydrogen) atoms. The van der Waals surface area contributed by atoms with Crippen LogP contribution in [-0.4, -0.2) is 142 Å². The number of aliphatic hydroxyl groups is 7. The molecule has 2 saturated heterocycles. The molecule has 2 heterocycles. The van der Waals surface area contributed by atoms with Gasteiger partial charge >= 0.3 is 5.97 Å². The molecule has 2 fully saturated rings. The van der Waals surface area contributed by atoms with Crippen LogP contribution in [0.15, 0.2) is 60.8 Å². The molecule has 14 heteroatoms. The van der Waals surface area contributed by atoms with Crippen molar-refractivity contribution in [3.63, 3.8) is 0 Å². The molecule has 2 aliphatic heterocycles. The van der Waals surface area contributed by atoms with Gasteiger partial charge in [-0.15, -0.1) is 0 Å². The molecule has 448 valence electrons. The second-order valence-electron chi connectivity index (χ2n) is 21.5. The molecule has 2 rings (SSSR count). The third kappa shape index (κ3) is 35.9. The van der Waals surface area contributed by atoms with E-state index in [0.29, 0.717) is 13.0 Å². The summed E-state index contributed by atoms with van der Waals surface area (Å²) in [5.74, 6) is -0.388. The number of esters is 1. The molecule has 0 amide bonds. The van der Waals surface area contributed by atoms with Crippen molar-refractivity contribution in [2.45, 2.75) is 300 Å². The van der Waals surface area contributed by atoms with Crippen LogP contribution in [0.5, 0.6) is 0 Å². The van der Waals surface area contributed by atoms with Crippen LogP contribution >= 0.6 is 0 Å². The summed E-state index contributed by atoms with van der Waals surface area (Å²) in [5, 5.41) is 72.4. The lowest BCUT2D eigenvalue weighted by Crippen LogP contribution is -2.61. The normalized spacial score (nSPS) is 24.7. The first-order valence-corrected chi connectivity index (χ1v) is 30.9. The molecule has 11 unspecified atom stereocenters. The fraction of sp³-hybridized carbons (Fsp3) is 0.825. The van der Waals surface area contributed by atoms with Gasteiger partial charge in [0, 0.05) is 13.0 Å². The number of hydrogen-bond acceptors (Lipinski definition) is 14. The Labute approximate surface area is 466 Å². The number of hydrogen-bond donors (Lipinski definition) is 7. The van der Waals surface area contributed by atoms with Crippen molar-refractivity contribution in [1.29, 1.82) is 0 Å². The van der Waals surface area contributed by atoms with Crippen LogP contribution in [-0.2, 0) is 33.2 Å². The molecule has 0 aromatic heterocycles. The Balaban J connectivity index is 1.71. The van der Waals surface area contributed by atoms with Gasteiger partial charge < -0.3 is 64.2 Å². The Bertz CT molecular complexity index is 1500. The first-order chi connectivity index (χ1) is 37.6. The summed E-state index contributed by atoms with van der Waals surface area (Å²) in [5.41, 5.74) is 0. The molecular formula is C63H112O14. The number of ether oxygens (including phenoxy) is 6. The number of unbranched alkanes of at least 4 members (excludes halogenated alkanes) is 26. The Hall–Kier alpha value is -2.31. The van der Waals surface area contributed by atoms with Gasteiger partial charge in [-0.2, -0.15) is 0 Å². The van der Waals surface area contributed by atoms with Crippen molar-refractivity contribution < 1.29 is 69.0 Å². The van der Waals surface area contributed by atoms with Crippen molar-refractivity contribution in [1.82, 2.24) is 0 Å². The van der Waals surface area contributed by atoms with Crippen molar-refractivity contribution in [2.24, 2.45) is 0 Å². The minimum atomic E-state index is -1.71. The Morgan fingerprint density at radius 1 is 0.429 bits per heavy atom. The maximum atomic E-state index is 13.1. The van der Waals surface area contributed by atoms with Crippen LogP contribution in [0.2, 0.25) is 0 Å². The van der Waals surface area contributed by atoms with Crippen molar-refractivity contribution in [2.75, 3.05) is 33.0 Å². The maximum Gasteiger partial charge on any atom is 0.306 e. The van der Waals surface area contributed by atoms with E-state index in [0.717, 1.165) is 77.0 Å². The third-order valence-corrected chi connectivity index (χ3v) is 14.5. The summed E-state index contributed by atoms with van der Waals surface area (Å²) in [6.07, 6.45) is 45.6. The molecular weight excluding hydrogens is 981 g/mol. The van der Waals surface area contributed by atoms with Gasteiger partial charge in [0.15, 0.2) is 12.6 Å². The van der Waals surface area contributed by atoms with Crippen LogP contribution in [0.25, 0.3) is 0 Å². The van der Waals surface area contributed by atoms with Gasteiger partial charge in [-0.25, -0.2) is 0 Å². The molecule has 0 aromatic carbocycles. The number of allylic oxidation sites excluding steroid dienone is 10. The number of carbonyl (C=O) groups is 1. The summed E-state index contributed by atoms with van der Waals surface area (Å²) in [6.45, 7) is 3.66. The average Bonchev–Trinajstić information content (AvgIpc) is 3.43. The minimum absolute atomic E-state index is 0.0524. The summed E-state index contributed by atoms with van der Waals surface area (Å²) in [7, 11) is 0. The second kappa shape index (κ2) is 49.5. The highest BCUT2D eigenvalue weighted by atomic mass is 16.7. The van der Waals surface area contributed by atoms with Crippen LogP contribution in [0.3, 0.4) is 0 Å². The van der Waals surface area contributed by atoms with E-state index in [-0.39, 0.29) is 25.6 Å². The third-order valence-electron chi connectivity index (χ3n) is 14.5. The van der Waals surface area contributed by atoms with Crippen molar-refractivity contribution >= 4 is 5.97 Å². The molecule has 0 bridgehead atoms. The molecule has 0 radical (unpaired) electrons. The lowest BCUT2D eigenvalue weighted by molar-refractivity contribution is -0.332. The monoisotopic (exact) mass is 1090 g/mol. The molecule has 11 atom stereocenters. The van der Waals surface area contributed by atoms with E-state index < -0.39 is 80.7 Å². The maximum absolute atomic E-state index is 13.1. The highest BCUT2D eigenvalue weighted by molar-refractivity contribution is 5.69. The summed E-state index contributed by atoms with van der Waals surface area (Å²) < 4.78 is 34.4. The Morgan fingerprint density at radius 2 is 0.805 bits per heavy atom. The predicted molar refractivity (Wildman–Crippen MR) is 307 cm³/mol. The fourth-order valence-corrected chi connectivity index (χ4v) is 9.50. The van der Waals surface area contributed by atoms with Crippen molar-refractivity contribution in [3.05, 3.63) is 60.8 Å². The molecule has 0 spiro atoms. The first kappa shape index (κ1) is 70.8. The Morgan fingerprint density at radius 3 is 1.26 bits per heavy atom.